The number of hydrogen-bond acceptors (Lipinski definition) is 2. The summed E-state index contributed by atoms with van der Waals surface area (Å²) in [6, 6.07) is 1.08. The number of hydrogen-bond donors (Lipinski definition) is 1. The van der Waals surface area contributed by atoms with Crippen molar-refractivity contribution in [3.63, 3.8) is 0 Å². The van der Waals surface area contributed by atoms with E-state index < -0.39 is 11.7 Å². The van der Waals surface area contributed by atoms with E-state index in [0.29, 0.717) is 10.4 Å². The molecule has 1 heterocycles. The van der Waals surface area contributed by atoms with Crippen LogP contribution in [0.2, 0.25) is 0 Å². The van der Waals surface area contributed by atoms with Gasteiger partial charge in [0.25, 0.3) is 0 Å². The van der Waals surface area contributed by atoms with Crippen molar-refractivity contribution in [2.75, 3.05) is 5.32 Å². The number of aromatic nitrogens is 1. The zero-order chi connectivity index (χ0) is 13.3. The molecule has 2 nitrogen and oxygen atoms in total. The Bertz CT molecular complexity index is 430. The van der Waals surface area contributed by atoms with Crippen LogP contribution in [-0.2, 0) is 6.18 Å². The van der Waals surface area contributed by atoms with E-state index >= 15 is 0 Å². The molecule has 1 aliphatic carbocycles. The van der Waals surface area contributed by atoms with E-state index in [0.717, 1.165) is 25.3 Å². The Kier molecular flexibility index (Phi) is 3.84. The first-order chi connectivity index (χ1) is 8.38. The Balaban J connectivity index is 2.21. The van der Waals surface area contributed by atoms with Gasteiger partial charge in [-0.2, -0.15) is 13.2 Å². The summed E-state index contributed by atoms with van der Waals surface area (Å²) in [6.45, 7) is 1.91. The second kappa shape index (κ2) is 5.07. The highest BCUT2D eigenvalue weighted by Gasteiger charge is 2.35. The number of anilines is 1. The van der Waals surface area contributed by atoms with Gasteiger partial charge in [-0.15, -0.1) is 0 Å². The molecule has 18 heavy (non-hydrogen) atoms. The van der Waals surface area contributed by atoms with Gasteiger partial charge < -0.3 is 5.32 Å². The summed E-state index contributed by atoms with van der Waals surface area (Å²) in [7, 11) is 0. The summed E-state index contributed by atoms with van der Waals surface area (Å²) in [5.74, 6) is 0.377. The molecule has 1 fully saturated rings. The van der Waals surface area contributed by atoms with E-state index in [-0.39, 0.29) is 11.9 Å². The van der Waals surface area contributed by atoms with Gasteiger partial charge in [0.2, 0.25) is 0 Å². The average molecular weight is 323 g/mol. The lowest BCUT2D eigenvalue weighted by atomic mass is 9.80. The van der Waals surface area contributed by atoms with Gasteiger partial charge >= 0.3 is 6.18 Å². The second-order valence-corrected chi connectivity index (χ2v) is 5.59. The molecule has 0 amide bonds. The molecule has 0 aliphatic heterocycles. The quantitative estimate of drug-likeness (QED) is 0.888. The fraction of sp³-hybridized carbons (Fsp3) is 0.583. The van der Waals surface area contributed by atoms with Crippen molar-refractivity contribution in [1.82, 2.24) is 4.98 Å². The number of alkyl halides is 3. The monoisotopic (exact) mass is 322 g/mol. The van der Waals surface area contributed by atoms with Crippen LogP contribution in [0, 0.1) is 5.92 Å². The van der Waals surface area contributed by atoms with Crippen LogP contribution in [0.1, 0.15) is 31.7 Å². The molecule has 2 rings (SSSR count). The Morgan fingerprint density at radius 1 is 1.44 bits per heavy atom. The van der Waals surface area contributed by atoms with E-state index in [4.69, 9.17) is 0 Å². The van der Waals surface area contributed by atoms with Crippen LogP contribution in [-0.4, -0.2) is 11.0 Å². The normalized spacial score (nSPS) is 18.3. The van der Waals surface area contributed by atoms with Crippen LogP contribution in [0.3, 0.4) is 0 Å². The van der Waals surface area contributed by atoms with Gasteiger partial charge in [0.15, 0.2) is 0 Å². The molecule has 1 aromatic rings. The molecule has 1 N–H and O–H groups in total. The van der Waals surface area contributed by atoms with Crippen molar-refractivity contribution in [2.24, 2.45) is 5.92 Å². The van der Waals surface area contributed by atoms with E-state index in [2.05, 4.69) is 26.2 Å². The molecule has 1 unspecified atom stereocenters. The Labute approximate surface area is 112 Å². The standard InChI is InChI=1S/C12H14BrF3N2/c1-7(8-3-2-4-8)18-11-10(12(14,15)16)5-9(13)6-17-11/h5-8H,2-4H2,1H3,(H,17,18). The summed E-state index contributed by atoms with van der Waals surface area (Å²) >= 11 is 3.02. The van der Waals surface area contributed by atoms with E-state index in [1.807, 2.05) is 6.92 Å². The summed E-state index contributed by atoms with van der Waals surface area (Å²) < 4.78 is 39.0. The van der Waals surface area contributed by atoms with Crippen molar-refractivity contribution >= 4 is 21.7 Å². The van der Waals surface area contributed by atoms with Gasteiger partial charge in [0.05, 0.1) is 5.56 Å². The molecule has 0 radical (unpaired) electrons. The largest absolute Gasteiger partial charge is 0.419 e. The van der Waals surface area contributed by atoms with Crippen LogP contribution in [0.5, 0.6) is 0 Å². The van der Waals surface area contributed by atoms with E-state index in [1.165, 1.54) is 6.20 Å². The minimum absolute atomic E-state index is 0.0218. The molecule has 1 atom stereocenters. The first-order valence-corrected chi connectivity index (χ1v) is 6.66. The Morgan fingerprint density at radius 2 is 2.11 bits per heavy atom. The maximum Gasteiger partial charge on any atom is 0.419 e. The van der Waals surface area contributed by atoms with Crippen LogP contribution < -0.4 is 5.32 Å². The minimum Gasteiger partial charge on any atom is -0.367 e. The van der Waals surface area contributed by atoms with Gasteiger partial charge in [-0.05, 0) is 47.7 Å². The smallest absolute Gasteiger partial charge is 0.367 e. The van der Waals surface area contributed by atoms with Crippen LogP contribution in [0.15, 0.2) is 16.7 Å². The van der Waals surface area contributed by atoms with Gasteiger partial charge in [0, 0.05) is 16.7 Å². The average Bonchev–Trinajstić information content (AvgIpc) is 2.16. The number of nitrogens with zero attached hydrogens (tertiary/aromatic N) is 1. The summed E-state index contributed by atoms with van der Waals surface area (Å²) in [5, 5.41) is 2.89. The predicted molar refractivity (Wildman–Crippen MR) is 67.4 cm³/mol. The lowest BCUT2D eigenvalue weighted by molar-refractivity contribution is -0.137. The highest BCUT2D eigenvalue weighted by molar-refractivity contribution is 9.10. The minimum atomic E-state index is -4.39. The van der Waals surface area contributed by atoms with Crippen molar-refractivity contribution < 1.29 is 13.2 Å². The zero-order valence-electron chi connectivity index (χ0n) is 9.89. The molecule has 0 spiro atoms. The van der Waals surface area contributed by atoms with Crippen LogP contribution in [0.25, 0.3) is 0 Å². The van der Waals surface area contributed by atoms with Crippen LogP contribution in [0.4, 0.5) is 19.0 Å². The number of nitrogens with one attached hydrogen (secondary N) is 1. The maximum absolute atomic E-state index is 12.9. The Hall–Kier alpha value is -0.780. The van der Waals surface area contributed by atoms with Gasteiger partial charge in [-0.3, -0.25) is 0 Å². The molecule has 100 valence electrons. The maximum atomic E-state index is 12.9. The summed E-state index contributed by atoms with van der Waals surface area (Å²) in [6.07, 6.45) is 0.304. The van der Waals surface area contributed by atoms with Crippen LogP contribution >= 0.6 is 15.9 Å². The molecular formula is C12H14BrF3N2. The Morgan fingerprint density at radius 3 is 2.61 bits per heavy atom. The van der Waals surface area contributed by atoms with Gasteiger partial charge in [-0.25, -0.2) is 4.98 Å². The topological polar surface area (TPSA) is 24.9 Å². The lowest BCUT2D eigenvalue weighted by Gasteiger charge is -2.32. The molecule has 0 bridgehead atoms. The molecule has 1 saturated carbocycles. The zero-order valence-corrected chi connectivity index (χ0v) is 11.5. The fourth-order valence-corrected chi connectivity index (χ4v) is 2.38. The third kappa shape index (κ3) is 2.96. The predicted octanol–water partition coefficient (Wildman–Crippen LogP) is 4.46. The van der Waals surface area contributed by atoms with E-state index in [9.17, 15) is 13.2 Å². The van der Waals surface area contributed by atoms with Crippen molar-refractivity contribution in [2.45, 2.75) is 38.4 Å². The number of rotatable bonds is 3. The second-order valence-electron chi connectivity index (χ2n) is 4.67. The van der Waals surface area contributed by atoms with Gasteiger partial charge in [-0.1, -0.05) is 6.42 Å². The third-order valence-corrected chi connectivity index (χ3v) is 3.81. The molecule has 6 heteroatoms. The lowest BCUT2D eigenvalue weighted by Crippen LogP contribution is -2.32. The summed E-state index contributed by atoms with van der Waals surface area (Å²) in [4.78, 5) is 3.85. The molecule has 1 aromatic heterocycles. The SMILES string of the molecule is CC(Nc1ncc(Br)cc1C(F)(F)F)C1CCC1. The first kappa shape index (κ1) is 13.6. The van der Waals surface area contributed by atoms with E-state index in [1.54, 1.807) is 0 Å². The molecular weight excluding hydrogens is 309 g/mol. The highest BCUT2D eigenvalue weighted by Crippen LogP contribution is 2.37. The molecule has 1 aliphatic rings. The summed E-state index contributed by atoms with van der Waals surface area (Å²) in [5.41, 5.74) is -0.719. The fourth-order valence-electron chi connectivity index (χ4n) is 2.04. The van der Waals surface area contributed by atoms with Gasteiger partial charge in [0.1, 0.15) is 5.82 Å². The third-order valence-electron chi connectivity index (χ3n) is 3.38. The highest BCUT2D eigenvalue weighted by atomic mass is 79.9. The first-order valence-electron chi connectivity index (χ1n) is 5.87. The van der Waals surface area contributed by atoms with Crippen molar-refractivity contribution in [1.29, 1.82) is 0 Å². The van der Waals surface area contributed by atoms with Crippen molar-refractivity contribution in [3.05, 3.63) is 22.3 Å². The number of halogens is 4. The van der Waals surface area contributed by atoms with Crippen molar-refractivity contribution in [3.8, 4) is 0 Å². The molecule has 0 saturated heterocycles. The number of pyridine rings is 1. The molecule has 0 aromatic carbocycles.